The van der Waals surface area contributed by atoms with Gasteiger partial charge in [0.2, 0.25) is 0 Å². The first kappa shape index (κ1) is 14.0. The lowest BCUT2D eigenvalue weighted by atomic mass is 10.2. The molecule has 0 fully saturated rings. The van der Waals surface area contributed by atoms with Gasteiger partial charge in [0.15, 0.2) is 0 Å². The van der Waals surface area contributed by atoms with Gasteiger partial charge in [-0.1, -0.05) is 18.2 Å². The van der Waals surface area contributed by atoms with Crippen molar-refractivity contribution >= 4 is 27.0 Å². The number of rotatable bonds is 4. The van der Waals surface area contributed by atoms with Gasteiger partial charge >= 0.3 is 0 Å². The topological polar surface area (TPSA) is 57.6 Å². The molecule has 6 heteroatoms. The first-order valence-corrected chi connectivity index (χ1v) is 7.96. The van der Waals surface area contributed by atoms with Gasteiger partial charge in [0.1, 0.15) is 4.21 Å². The third kappa shape index (κ3) is 2.65. The smallest absolute Gasteiger partial charge is 0.273 e. The van der Waals surface area contributed by atoms with Crippen LogP contribution in [0.1, 0.15) is 10.4 Å². The normalized spacial score (nSPS) is 11.5. The fraction of sp³-hybridized carbons (Fsp3) is 0.231. The SMILES string of the molecule is Cc1ccccc1N(C)S(=O)(=O)c1ccc(CO)s1. The van der Waals surface area contributed by atoms with Gasteiger partial charge in [-0.2, -0.15) is 0 Å². The Morgan fingerprint density at radius 1 is 1.21 bits per heavy atom. The van der Waals surface area contributed by atoms with Crippen molar-refractivity contribution in [3.05, 3.63) is 46.8 Å². The molecule has 0 atom stereocenters. The third-order valence-electron chi connectivity index (χ3n) is 2.86. The number of nitrogens with zero attached hydrogens (tertiary/aromatic N) is 1. The van der Waals surface area contributed by atoms with Gasteiger partial charge in [0.05, 0.1) is 12.3 Å². The first-order valence-electron chi connectivity index (χ1n) is 5.71. The van der Waals surface area contributed by atoms with Crippen LogP contribution in [0.3, 0.4) is 0 Å². The molecule has 2 rings (SSSR count). The van der Waals surface area contributed by atoms with E-state index in [1.807, 2.05) is 25.1 Å². The summed E-state index contributed by atoms with van der Waals surface area (Å²) in [7, 11) is -2.03. The van der Waals surface area contributed by atoms with Crippen LogP contribution in [0.15, 0.2) is 40.6 Å². The summed E-state index contributed by atoms with van der Waals surface area (Å²) in [6.45, 7) is 1.73. The van der Waals surface area contributed by atoms with Crippen LogP contribution in [0.25, 0.3) is 0 Å². The van der Waals surface area contributed by atoms with E-state index in [0.717, 1.165) is 16.9 Å². The van der Waals surface area contributed by atoms with E-state index in [4.69, 9.17) is 5.11 Å². The Hall–Kier alpha value is -1.37. The van der Waals surface area contributed by atoms with E-state index in [0.29, 0.717) is 10.6 Å². The van der Waals surface area contributed by atoms with Crippen LogP contribution < -0.4 is 4.31 Å². The maximum Gasteiger partial charge on any atom is 0.273 e. The van der Waals surface area contributed by atoms with Crippen molar-refractivity contribution in [3.8, 4) is 0 Å². The highest BCUT2D eigenvalue weighted by Crippen LogP contribution is 2.29. The molecule has 0 saturated carbocycles. The number of aryl methyl sites for hydroxylation is 1. The molecule has 0 saturated heterocycles. The van der Waals surface area contributed by atoms with E-state index in [1.165, 1.54) is 17.4 Å². The Kier molecular flexibility index (Phi) is 3.93. The van der Waals surface area contributed by atoms with Gasteiger partial charge in [0, 0.05) is 11.9 Å². The lowest BCUT2D eigenvalue weighted by molar-refractivity contribution is 0.285. The molecule has 1 aromatic carbocycles. The molecule has 19 heavy (non-hydrogen) atoms. The molecule has 0 aliphatic carbocycles. The molecule has 0 unspecified atom stereocenters. The molecule has 1 aromatic heterocycles. The number of thiophene rings is 1. The monoisotopic (exact) mass is 297 g/mol. The maximum absolute atomic E-state index is 12.5. The zero-order chi connectivity index (χ0) is 14.0. The molecular formula is C13H15NO3S2. The zero-order valence-electron chi connectivity index (χ0n) is 10.7. The van der Waals surface area contributed by atoms with E-state index in [9.17, 15) is 8.42 Å². The average Bonchev–Trinajstić information content (AvgIpc) is 2.88. The van der Waals surface area contributed by atoms with Gasteiger partial charge in [-0.25, -0.2) is 8.42 Å². The van der Waals surface area contributed by atoms with Crippen LogP contribution in [0.5, 0.6) is 0 Å². The molecule has 0 spiro atoms. The van der Waals surface area contributed by atoms with Gasteiger partial charge in [-0.3, -0.25) is 4.31 Å². The third-order valence-corrected chi connectivity index (χ3v) is 6.17. The lowest BCUT2D eigenvalue weighted by Gasteiger charge is -2.20. The quantitative estimate of drug-likeness (QED) is 0.942. The minimum absolute atomic E-state index is 0.145. The second kappa shape index (κ2) is 5.32. The number of hydrogen-bond acceptors (Lipinski definition) is 4. The van der Waals surface area contributed by atoms with Crippen LogP contribution in [0.4, 0.5) is 5.69 Å². The highest BCUT2D eigenvalue weighted by molar-refractivity contribution is 7.94. The summed E-state index contributed by atoms with van der Waals surface area (Å²) in [5.41, 5.74) is 1.55. The standard InChI is InChI=1S/C13H15NO3S2/c1-10-5-3-4-6-12(10)14(2)19(16,17)13-8-7-11(9-15)18-13/h3-8,15H,9H2,1-2H3. The summed E-state index contributed by atoms with van der Waals surface area (Å²) < 4.78 is 26.4. The molecule has 0 bridgehead atoms. The van der Waals surface area contributed by atoms with Crippen LogP contribution in [0.2, 0.25) is 0 Å². The van der Waals surface area contributed by atoms with Crippen molar-refractivity contribution < 1.29 is 13.5 Å². The summed E-state index contributed by atoms with van der Waals surface area (Å²) >= 11 is 1.09. The predicted octanol–water partition coefficient (Wildman–Crippen LogP) is 2.37. The van der Waals surface area contributed by atoms with Gasteiger partial charge < -0.3 is 5.11 Å². The Labute approximate surface area is 117 Å². The van der Waals surface area contributed by atoms with Crippen LogP contribution in [-0.4, -0.2) is 20.6 Å². The fourth-order valence-electron chi connectivity index (χ4n) is 1.76. The maximum atomic E-state index is 12.5. The second-order valence-corrected chi connectivity index (χ2v) is 7.50. The molecule has 2 aromatic rings. The summed E-state index contributed by atoms with van der Waals surface area (Å²) in [6, 6.07) is 10.5. The van der Waals surface area contributed by atoms with E-state index >= 15 is 0 Å². The van der Waals surface area contributed by atoms with Gasteiger partial charge in [-0.15, -0.1) is 11.3 Å². The Balaban J connectivity index is 2.42. The van der Waals surface area contributed by atoms with E-state index < -0.39 is 10.0 Å². The van der Waals surface area contributed by atoms with Crippen LogP contribution >= 0.6 is 11.3 Å². The molecule has 0 aliphatic heterocycles. The number of hydrogen-bond donors (Lipinski definition) is 1. The van der Waals surface area contributed by atoms with Crippen LogP contribution in [0, 0.1) is 6.92 Å². The summed E-state index contributed by atoms with van der Waals surface area (Å²) in [5, 5.41) is 9.02. The Bertz CT molecular complexity index is 677. The van der Waals surface area contributed by atoms with E-state index in [2.05, 4.69) is 0 Å². The Morgan fingerprint density at radius 2 is 1.89 bits per heavy atom. The molecule has 0 aliphatic rings. The molecule has 1 heterocycles. The van der Waals surface area contributed by atoms with Crippen molar-refractivity contribution in [3.63, 3.8) is 0 Å². The van der Waals surface area contributed by atoms with Crippen molar-refractivity contribution in [1.29, 1.82) is 0 Å². The molecule has 4 nitrogen and oxygen atoms in total. The van der Waals surface area contributed by atoms with Crippen LogP contribution in [-0.2, 0) is 16.6 Å². The Morgan fingerprint density at radius 3 is 2.47 bits per heavy atom. The molecular weight excluding hydrogens is 282 g/mol. The highest BCUT2D eigenvalue weighted by atomic mass is 32.2. The number of benzene rings is 1. The number of anilines is 1. The van der Waals surface area contributed by atoms with Gasteiger partial charge in [-0.05, 0) is 30.7 Å². The van der Waals surface area contributed by atoms with Crippen molar-refractivity contribution in [1.82, 2.24) is 0 Å². The fourth-order valence-corrected chi connectivity index (χ4v) is 4.41. The first-order chi connectivity index (χ1) is 8.96. The number of aliphatic hydroxyl groups is 1. The minimum atomic E-state index is -3.56. The highest BCUT2D eigenvalue weighted by Gasteiger charge is 2.24. The van der Waals surface area contributed by atoms with E-state index in [1.54, 1.807) is 12.1 Å². The summed E-state index contributed by atoms with van der Waals surface area (Å²) in [4.78, 5) is 0.636. The number of aliphatic hydroxyl groups excluding tert-OH is 1. The van der Waals surface area contributed by atoms with E-state index in [-0.39, 0.29) is 10.8 Å². The second-order valence-electron chi connectivity index (χ2n) is 4.14. The zero-order valence-corrected chi connectivity index (χ0v) is 12.3. The number of sulfonamides is 1. The van der Waals surface area contributed by atoms with Crippen molar-refractivity contribution in [2.75, 3.05) is 11.4 Å². The van der Waals surface area contributed by atoms with Crippen molar-refractivity contribution in [2.24, 2.45) is 0 Å². The average molecular weight is 297 g/mol. The molecule has 0 amide bonds. The molecule has 102 valence electrons. The number of para-hydroxylation sites is 1. The molecule has 1 N–H and O–H groups in total. The van der Waals surface area contributed by atoms with Gasteiger partial charge in [0.25, 0.3) is 10.0 Å². The predicted molar refractivity (Wildman–Crippen MR) is 77.0 cm³/mol. The molecule has 0 radical (unpaired) electrons. The summed E-state index contributed by atoms with van der Waals surface area (Å²) in [5.74, 6) is 0. The lowest BCUT2D eigenvalue weighted by Crippen LogP contribution is -2.26. The largest absolute Gasteiger partial charge is 0.391 e. The summed E-state index contributed by atoms with van der Waals surface area (Å²) in [6.07, 6.45) is 0. The van der Waals surface area contributed by atoms with Crippen molar-refractivity contribution in [2.45, 2.75) is 17.7 Å². The minimum Gasteiger partial charge on any atom is -0.391 e.